The normalized spacial score (nSPS) is 41.7. The van der Waals surface area contributed by atoms with Gasteiger partial charge in [0.25, 0.3) is 0 Å². The summed E-state index contributed by atoms with van der Waals surface area (Å²) in [6, 6.07) is 0. The van der Waals surface area contributed by atoms with Gasteiger partial charge in [0, 0.05) is 6.42 Å². The van der Waals surface area contributed by atoms with E-state index in [2.05, 4.69) is 13.8 Å². The first-order chi connectivity index (χ1) is 5.14. The van der Waals surface area contributed by atoms with E-state index in [4.69, 9.17) is 4.74 Å². The Morgan fingerprint density at radius 2 is 2.36 bits per heavy atom. The van der Waals surface area contributed by atoms with Crippen molar-refractivity contribution >= 4 is 5.97 Å². The van der Waals surface area contributed by atoms with Crippen molar-refractivity contribution in [2.45, 2.75) is 38.7 Å². The lowest BCUT2D eigenvalue weighted by atomic mass is 9.89. The molecular weight excluding hydrogens is 140 g/mol. The molecule has 0 aromatic carbocycles. The summed E-state index contributed by atoms with van der Waals surface area (Å²) in [5.74, 6) is 0.765. The quantitative estimate of drug-likeness (QED) is 0.538. The van der Waals surface area contributed by atoms with Gasteiger partial charge in [-0.2, -0.15) is 0 Å². The van der Waals surface area contributed by atoms with E-state index in [1.165, 1.54) is 0 Å². The largest absolute Gasteiger partial charge is 0.459 e. The molecule has 2 bridgehead atoms. The second-order valence-corrected chi connectivity index (χ2v) is 4.08. The fourth-order valence-electron chi connectivity index (χ4n) is 2.26. The summed E-state index contributed by atoms with van der Waals surface area (Å²) in [6.45, 7) is 4.28. The molecule has 1 aliphatic carbocycles. The first kappa shape index (κ1) is 7.14. The Labute approximate surface area is 66.9 Å². The second-order valence-electron chi connectivity index (χ2n) is 4.08. The van der Waals surface area contributed by atoms with E-state index in [-0.39, 0.29) is 17.5 Å². The van der Waals surface area contributed by atoms with Crippen molar-refractivity contribution in [2.24, 2.45) is 11.8 Å². The lowest BCUT2D eigenvalue weighted by Crippen LogP contribution is -2.34. The van der Waals surface area contributed by atoms with E-state index < -0.39 is 0 Å². The van der Waals surface area contributed by atoms with Gasteiger partial charge in [-0.1, -0.05) is 13.8 Å². The maximum absolute atomic E-state index is 11.1. The van der Waals surface area contributed by atoms with Crippen LogP contribution in [0.3, 0.4) is 0 Å². The van der Waals surface area contributed by atoms with Crippen molar-refractivity contribution in [1.82, 2.24) is 0 Å². The zero-order valence-corrected chi connectivity index (χ0v) is 7.09. The van der Waals surface area contributed by atoms with E-state index in [1.807, 2.05) is 0 Å². The number of fused-ring (bicyclic) bond motifs is 2. The molecule has 11 heavy (non-hydrogen) atoms. The highest BCUT2D eigenvalue weighted by atomic mass is 16.6. The van der Waals surface area contributed by atoms with Crippen LogP contribution >= 0.6 is 0 Å². The van der Waals surface area contributed by atoms with E-state index in [1.54, 1.807) is 0 Å². The third-order valence-corrected chi connectivity index (χ3v) is 3.20. The fraction of sp³-hybridized carbons (Fsp3) is 0.889. The first-order valence-electron chi connectivity index (χ1n) is 4.37. The highest BCUT2D eigenvalue weighted by Crippen LogP contribution is 2.48. The molecular formula is C9H14O2. The standard InChI is InChI=1S/C9H14O2/c1-6(2)9-4-3-7(5-9)8(10)11-9/h6-7H,3-5H2,1-2H3. The van der Waals surface area contributed by atoms with Crippen molar-refractivity contribution in [3.8, 4) is 0 Å². The average molecular weight is 154 g/mol. The molecule has 0 spiro atoms. The smallest absolute Gasteiger partial charge is 0.309 e. The molecule has 62 valence electrons. The van der Waals surface area contributed by atoms with Gasteiger partial charge >= 0.3 is 5.97 Å². The number of hydrogen-bond donors (Lipinski definition) is 0. The molecule has 2 heteroatoms. The predicted molar refractivity (Wildman–Crippen MR) is 41.0 cm³/mol. The summed E-state index contributed by atoms with van der Waals surface area (Å²) < 4.78 is 5.37. The number of hydrogen-bond acceptors (Lipinski definition) is 2. The van der Waals surface area contributed by atoms with Crippen LogP contribution in [0.15, 0.2) is 0 Å². The third kappa shape index (κ3) is 0.815. The SMILES string of the molecule is CC(C)C12CCC(C1)C(=O)O2. The summed E-state index contributed by atoms with van der Waals surface area (Å²) in [5.41, 5.74) is -0.0677. The highest BCUT2D eigenvalue weighted by Gasteiger charge is 2.53. The van der Waals surface area contributed by atoms with E-state index >= 15 is 0 Å². The monoisotopic (exact) mass is 154 g/mol. The molecule has 1 saturated carbocycles. The Hall–Kier alpha value is -0.530. The summed E-state index contributed by atoms with van der Waals surface area (Å²) >= 11 is 0. The van der Waals surface area contributed by atoms with E-state index in [9.17, 15) is 4.79 Å². The molecule has 2 rings (SSSR count). The highest BCUT2D eigenvalue weighted by molar-refractivity contribution is 5.76. The predicted octanol–water partition coefficient (Wildman–Crippen LogP) is 1.74. The molecule has 1 saturated heterocycles. The van der Waals surface area contributed by atoms with Gasteiger partial charge < -0.3 is 4.74 Å². The van der Waals surface area contributed by atoms with Crippen molar-refractivity contribution in [3.63, 3.8) is 0 Å². The van der Waals surface area contributed by atoms with Crippen LogP contribution in [0.1, 0.15) is 33.1 Å². The molecule has 0 aromatic rings. The number of ether oxygens (including phenoxy) is 1. The average Bonchev–Trinajstić information content (AvgIpc) is 2.44. The summed E-state index contributed by atoms with van der Waals surface area (Å²) in [7, 11) is 0. The van der Waals surface area contributed by atoms with Gasteiger partial charge in [-0.05, 0) is 18.8 Å². The van der Waals surface area contributed by atoms with Crippen LogP contribution < -0.4 is 0 Å². The minimum absolute atomic E-state index is 0.0463. The van der Waals surface area contributed by atoms with Crippen LogP contribution in [0.2, 0.25) is 0 Å². The van der Waals surface area contributed by atoms with Crippen LogP contribution in [-0.4, -0.2) is 11.6 Å². The van der Waals surface area contributed by atoms with Gasteiger partial charge in [0.2, 0.25) is 0 Å². The van der Waals surface area contributed by atoms with Crippen molar-refractivity contribution < 1.29 is 9.53 Å². The van der Waals surface area contributed by atoms with Crippen molar-refractivity contribution in [2.75, 3.05) is 0 Å². The summed E-state index contributed by atoms with van der Waals surface area (Å²) in [4.78, 5) is 11.1. The molecule has 0 aromatic heterocycles. The van der Waals surface area contributed by atoms with Gasteiger partial charge in [0.05, 0.1) is 5.92 Å². The van der Waals surface area contributed by atoms with Gasteiger partial charge in [0.15, 0.2) is 0 Å². The van der Waals surface area contributed by atoms with Crippen LogP contribution in [0, 0.1) is 11.8 Å². The Balaban J connectivity index is 2.23. The molecule has 2 aliphatic rings. The van der Waals surface area contributed by atoms with Gasteiger partial charge in [-0.25, -0.2) is 0 Å². The van der Waals surface area contributed by atoms with Crippen LogP contribution in [0.25, 0.3) is 0 Å². The van der Waals surface area contributed by atoms with Crippen molar-refractivity contribution in [3.05, 3.63) is 0 Å². The summed E-state index contributed by atoms with van der Waals surface area (Å²) in [5, 5.41) is 0. The molecule has 1 heterocycles. The Kier molecular flexibility index (Phi) is 1.29. The van der Waals surface area contributed by atoms with Crippen LogP contribution in [-0.2, 0) is 9.53 Å². The Morgan fingerprint density at radius 3 is 2.64 bits per heavy atom. The zero-order chi connectivity index (χ0) is 8.06. The maximum atomic E-state index is 11.1. The van der Waals surface area contributed by atoms with E-state index in [0.717, 1.165) is 19.3 Å². The molecule has 1 aliphatic heterocycles. The van der Waals surface area contributed by atoms with Crippen molar-refractivity contribution in [1.29, 1.82) is 0 Å². The van der Waals surface area contributed by atoms with Crippen LogP contribution in [0.5, 0.6) is 0 Å². The second kappa shape index (κ2) is 1.99. The Morgan fingerprint density at radius 1 is 1.64 bits per heavy atom. The maximum Gasteiger partial charge on any atom is 0.309 e. The molecule has 2 unspecified atom stereocenters. The summed E-state index contributed by atoms with van der Waals surface area (Å²) in [6.07, 6.45) is 3.11. The van der Waals surface area contributed by atoms with Gasteiger partial charge in [-0.3, -0.25) is 4.79 Å². The molecule has 0 N–H and O–H groups in total. The van der Waals surface area contributed by atoms with Gasteiger partial charge in [0.1, 0.15) is 5.60 Å². The topological polar surface area (TPSA) is 26.3 Å². The molecule has 0 radical (unpaired) electrons. The lowest BCUT2D eigenvalue weighted by molar-refractivity contribution is -0.159. The Bertz CT molecular complexity index is 198. The fourth-order valence-corrected chi connectivity index (χ4v) is 2.26. The van der Waals surface area contributed by atoms with Gasteiger partial charge in [-0.15, -0.1) is 0 Å². The third-order valence-electron chi connectivity index (χ3n) is 3.20. The number of carbonyl (C=O) groups is 1. The minimum Gasteiger partial charge on any atom is -0.459 e. The van der Waals surface area contributed by atoms with E-state index in [0.29, 0.717) is 5.92 Å². The van der Waals surface area contributed by atoms with Crippen LogP contribution in [0.4, 0.5) is 0 Å². The molecule has 0 amide bonds. The number of rotatable bonds is 1. The zero-order valence-electron chi connectivity index (χ0n) is 7.09. The molecule has 2 atom stereocenters. The minimum atomic E-state index is -0.0677. The molecule has 2 fully saturated rings. The number of esters is 1. The molecule has 2 nitrogen and oxygen atoms in total. The lowest BCUT2D eigenvalue weighted by Gasteiger charge is -2.30. The number of carbonyl (C=O) groups excluding carboxylic acids is 1. The first-order valence-corrected chi connectivity index (χ1v) is 4.37.